The predicted molar refractivity (Wildman–Crippen MR) is 66.7 cm³/mol. The zero-order valence-corrected chi connectivity index (χ0v) is 10.6. The summed E-state index contributed by atoms with van der Waals surface area (Å²) in [5, 5.41) is 3.57. The molecule has 15 heavy (non-hydrogen) atoms. The number of aromatic nitrogens is 1. The third-order valence-electron chi connectivity index (χ3n) is 2.28. The van der Waals surface area contributed by atoms with Gasteiger partial charge in [-0.25, -0.2) is 4.98 Å². The predicted octanol–water partition coefficient (Wildman–Crippen LogP) is 3.52. The summed E-state index contributed by atoms with van der Waals surface area (Å²) in [6, 6.07) is 2.48. The molecule has 1 rings (SSSR count). The van der Waals surface area contributed by atoms with Gasteiger partial charge in [-0.15, -0.1) is 11.6 Å². The molecule has 0 spiro atoms. The number of rotatable bonds is 4. The number of nitrogens with one attached hydrogen (secondary N) is 1. The van der Waals surface area contributed by atoms with E-state index in [0.29, 0.717) is 6.04 Å². The van der Waals surface area contributed by atoms with Crippen LogP contribution in [0, 0.1) is 13.8 Å². The van der Waals surface area contributed by atoms with E-state index < -0.39 is 0 Å². The van der Waals surface area contributed by atoms with Crippen LogP contribution in [0.3, 0.4) is 0 Å². The normalized spacial score (nSPS) is 14.7. The van der Waals surface area contributed by atoms with Crippen LogP contribution in [-0.2, 0) is 0 Å². The van der Waals surface area contributed by atoms with Gasteiger partial charge in [-0.3, -0.25) is 0 Å². The van der Waals surface area contributed by atoms with E-state index in [9.17, 15) is 0 Å². The Balaban J connectivity index is 2.64. The van der Waals surface area contributed by atoms with Crippen molar-refractivity contribution >= 4 is 17.4 Å². The summed E-state index contributed by atoms with van der Waals surface area (Å²) in [5.74, 6) is 0.963. The lowest BCUT2D eigenvalue weighted by molar-refractivity contribution is 0.692. The van der Waals surface area contributed by atoms with Crippen LogP contribution in [0.4, 0.5) is 5.82 Å². The summed E-state index contributed by atoms with van der Waals surface area (Å²) in [4.78, 5) is 4.37. The Morgan fingerprint density at radius 1 is 1.40 bits per heavy atom. The summed E-state index contributed by atoms with van der Waals surface area (Å²) < 4.78 is 0. The Kier molecular flexibility index (Phi) is 4.40. The zero-order chi connectivity index (χ0) is 11.4. The van der Waals surface area contributed by atoms with Crippen LogP contribution >= 0.6 is 11.6 Å². The number of aryl methyl sites for hydroxylation is 2. The van der Waals surface area contributed by atoms with Crippen LogP contribution in [-0.4, -0.2) is 16.4 Å². The van der Waals surface area contributed by atoms with Gasteiger partial charge in [-0.05, 0) is 45.2 Å². The fourth-order valence-electron chi connectivity index (χ4n) is 1.65. The smallest absolute Gasteiger partial charge is 0.129 e. The molecule has 0 aromatic carbocycles. The fraction of sp³-hybridized carbons (Fsp3) is 0.583. The maximum atomic E-state index is 5.94. The minimum absolute atomic E-state index is 0.193. The second kappa shape index (κ2) is 5.36. The van der Waals surface area contributed by atoms with Crippen molar-refractivity contribution in [2.75, 3.05) is 5.32 Å². The van der Waals surface area contributed by atoms with Crippen molar-refractivity contribution in [3.05, 3.63) is 23.4 Å². The SMILES string of the molecule is Cc1cnc(NC(C)CC(C)Cl)c(C)c1. The molecule has 0 aliphatic carbocycles. The molecule has 0 saturated heterocycles. The molecule has 3 heteroatoms. The average Bonchev–Trinajstić information content (AvgIpc) is 2.08. The van der Waals surface area contributed by atoms with Gasteiger partial charge in [-0.2, -0.15) is 0 Å². The number of pyridine rings is 1. The van der Waals surface area contributed by atoms with Crippen LogP contribution in [0.2, 0.25) is 0 Å². The lowest BCUT2D eigenvalue weighted by Gasteiger charge is -2.17. The van der Waals surface area contributed by atoms with Crippen molar-refractivity contribution in [2.24, 2.45) is 0 Å². The number of nitrogens with zero attached hydrogens (tertiary/aromatic N) is 1. The molecule has 1 aromatic rings. The molecule has 0 radical (unpaired) electrons. The second-order valence-corrected chi connectivity index (χ2v) is 4.99. The zero-order valence-electron chi connectivity index (χ0n) is 9.84. The summed E-state index contributed by atoms with van der Waals surface area (Å²) in [7, 11) is 0. The number of hydrogen-bond acceptors (Lipinski definition) is 2. The average molecular weight is 227 g/mol. The number of anilines is 1. The van der Waals surface area contributed by atoms with Crippen LogP contribution in [0.5, 0.6) is 0 Å². The molecule has 0 fully saturated rings. The van der Waals surface area contributed by atoms with Crippen molar-refractivity contribution in [2.45, 2.75) is 45.5 Å². The van der Waals surface area contributed by atoms with Gasteiger partial charge in [0.25, 0.3) is 0 Å². The van der Waals surface area contributed by atoms with E-state index in [1.54, 1.807) is 0 Å². The highest BCUT2D eigenvalue weighted by atomic mass is 35.5. The molecule has 2 atom stereocenters. The summed E-state index contributed by atoms with van der Waals surface area (Å²) in [6.45, 7) is 8.25. The maximum absolute atomic E-state index is 5.94. The lowest BCUT2D eigenvalue weighted by atomic mass is 10.1. The standard InChI is InChI=1S/C12H19ClN2/c1-8-5-9(2)12(14-7-8)15-11(4)6-10(3)13/h5,7,10-11H,6H2,1-4H3,(H,14,15). The Bertz CT molecular complexity index is 323. The molecule has 1 N–H and O–H groups in total. The minimum Gasteiger partial charge on any atom is -0.367 e. The number of alkyl halides is 1. The first-order valence-electron chi connectivity index (χ1n) is 5.33. The van der Waals surface area contributed by atoms with Gasteiger partial charge in [0.2, 0.25) is 0 Å². The summed E-state index contributed by atoms with van der Waals surface area (Å²) in [6.07, 6.45) is 2.82. The molecule has 84 valence electrons. The Hall–Kier alpha value is -0.760. The van der Waals surface area contributed by atoms with Crippen LogP contribution < -0.4 is 5.32 Å². The topological polar surface area (TPSA) is 24.9 Å². The van der Waals surface area contributed by atoms with Gasteiger partial charge < -0.3 is 5.32 Å². The first-order valence-corrected chi connectivity index (χ1v) is 5.76. The maximum Gasteiger partial charge on any atom is 0.129 e. The fourth-order valence-corrected chi connectivity index (χ4v) is 1.91. The van der Waals surface area contributed by atoms with E-state index in [-0.39, 0.29) is 5.38 Å². The molecule has 0 amide bonds. The summed E-state index contributed by atoms with van der Waals surface area (Å²) in [5.41, 5.74) is 2.38. The molecular formula is C12H19ClN2. The summed E-state index contributed by atoms with van der Waals surface area (Å²) >= 11 is 5.94. The van der Waals surface area contributed by atoms with Gasteiger partial charge in [0.05, 0.1) is 0 Å². The highest BCUT2D eigenvalue weighted by Gasteiger charge is 2.08. The lowest BCUT2D eigenvalue weighted by Crippen LogP contribution is -2.19. The van der Waals surface area contributed by atoms with Crippen molar-refractivity contribution in [3.63, 3.8) is 0 Å². The van der Waals surface area contributed by atoms with Gasteiger partial charge in [0, 0.05) is 17.6 Å². The quantitative estimate of drug-likeness (QED) is 0.795. The Labute approximate surface area is 97.1 Å². The van der Waals surface area contributed by atoms with Gasteiger partial charge >= 0.3 is 0 Å². The van der Waals surface area contributed by atoms with E-state index in [4.69, 9.17) is 11.6 Å². The van der Waals surface area contributed by atoms with Crippen molar-refractivity contribution < 1.29 is 0 Å². The van der Waals surface area contributed by atoms with Gasteiger partial charge in [0.1, 0.15) is 5.82 Å². The third kappa shape index (κ3) is 4.08. The monoisotopic (exact) mass is 226 g/mol. The highest BCUT2D eigenvalue weighted by molar-refractivity contribution is 6.20. The minimum atomic E-state index is 0.193. The molecular weight excluding hydrogens is 208 g/mol. The van der Waals surface area contributed by atoms with Gasteiger partial charge in [-0.1, -0.05) is 6.07 Å². The number of hydrogen-bond donors (Lipinski definition) is 1. The molecule has 2 nitrogen and oxygen atoms in total. The molecule has 0 bridgehead atoms. The van der Waals surface area contributed by atoms with Gasteiger partial charge in [0.15, 0.2) is 0 Å². The van der Waals surface area contributed by atoms with E-state index >= 15 is 0 Å². The first-order chi connectivity index (χ1) is 6.99. The molecule has 0 saturated carbocycles. The van der Waals surface area contributed by atoms with Crippen molar-refractivity contribution in [1.82, 2.24) is 4.98 Å². The second-order valence-electron chi connectivity index (χ2n) is 4.24. The van der Waals surface area contributed by atoms with E-state index in [1.807, 2.05) is 20.0 Å². The Morgan fingerprint density at radius 2 is 2.07 bits per heavy atom. The Morgan fingerprint density at radius 3 is 2.60 bits per heavy atom. The van der Waals surface area contributed by atoms with Crippen LogP contribution in [0.1, 0.15) is 31.4 Å². The third-order valence-corrected chi connectivity index (χ3v) is 2.45. The molecule has 1 aromatic heterocycles. The largest absolute Gasteiger partial charge is 0.367 e. The van der Waals surface area contributed by atoms with E-state index in [1.165, 1.54) is 11.1 Å². The van der Waals surface area contributed by atoms with Crippen LogP contribution in [0.15, 0.2) is 12.3 Å². The van der Waals surface area contributed by atoms with Crippen molar-refractivity contribution in [1.29, 1.82) is 0 Å². The molecule has 0 aliphatic rings. The van der Waals surface area contributed by atoms with Crippen molar-refractivity contribution in [3.8, 4) is 0 Å². The van der Waals surface area contributed by atoms with Crippen LogP contribution in [0.25, 0.3) is 0 Å². The molecule has 0 aliphatic heterocycles. The molecule has 1 heterocycles. The van der Waals surface area contributed by atoms with E-state index in [2.05, 4.69) is 30.2 Å². The highest BCUT2D eigenvalue weighted by Crippen LogP contribution is 2.15. The first kappa shape index (κ1) is 12.3. The van der Waals surface area contributed by atoms with E-state index in [0.717, 1.165) is 12.2 Å². The number of halogens is 1. The molecule has 2 unspecified atom stereocenters.